The molecule has 0 radical (unpaired) electrons. The van der Waals surface area contributed by atoms with E-state index >= 15 is 0 Å². The molecule has 0 bridgehead atoms. The predicted molar refractivity (Wildman–Crippen MR) is 116 cm³/mol. The summed E-state index contributed by atoms with van der Waals surface area (Å²) in [6.45, 7) is 4.61. The molecule has 5 rings (SSSR count). The van der Waals surface area contributed by atoms with Crippen molar-refractivity contribution in [2.24, 2.45) is 0 Å². The van der Waals surface area contributed by atoms with Gasteiger partial charge in [-0.25, -0.2) is 19.9 Å². The second-order valence-electron chi connectivity index (χ2n) is 7.16. The van der Waals surface area contributed by atoms with Crippen molar-refractivity contribution in [1.29, 1.82) is 0 Å². The van der Waals surface area contributed by atoms with Gasteiger partial charge in [0.25, 0.3) is 0 Å². The van der Waals surface area contributed by atoms with Crippen molar-refractivity contribution < 1.29 is 4.92 Å². The Kier molecular flexibility index (Phi) is 4.94. The van der Waals surface area contributed by atoms with E-state index in [-0.39, 0.29) is 10.6 Å². The minimum absolute atomic E-state index is 0.0280. The highest BCUT2D eigenvalue weighted by Crippen LogP contribution is 2.30. The minimum Gasteiger partial charge on any atom is -0.345 e. The van der Waals surface area contributed by atoms with Crippen molar-refractivity contribution in [3.8, 4) is 10.8 Å². The number of hydrogen-bond acceptors (Lipinski definition) is 8. The SMILES string of the molecule is CCn1c(Cn2ccnc2-c2nccs2)nc2c1CN(c1ncccc1[N+](=O)[O-])CC2. The molecule has 1 aliphatic heterocycles. The van der Waals surface area contributed by atoms with Crippen molar-refractivity contribution in [2.75, 3.05) is 11.4 Å². The van der Waals surface area contributed by atoms with E-state index < -0.39 is 0 Å². The molecule has 0 spiro atoms. The van der Waals surface area contributed by atoms with Crippen LogP contribution in [0.2, 0.25) is 0 Å². The van der Waals surface area contributed by atoms with Crippen LogP contribution in [0.1, 0.15) is 24.1 Å². The van der Waals surface area contributed by atoms with Gasteiger partial charge in [-0.3, -0.25) is 10.1 Å². The first-order valence-corrected chi connectivity index (χ1v) is 10.9. The number of imidazole rings is 2. The lowest BCUT2D eigenvalue weighted by Gasteiger charge is -2.28. The molecule has 11 heteroatoms. The zero-order valence-corrected chi connectivity index (χ0v) is 17.7. The smallest absolute Gasteiger partial charge is 0.311 e. The Morgan fingerprint density at radius 1 is 1.23 bits per heavy atom. The normalized spacial score (nSPS) is 13.4. The average Bonchev–Trinajstić information content (AvgIpc) is 3.53. The molecule has 10 nitrogen and oxygen atoms in total. The molecule has 0 atom stereocenters. The van der Waals surface area contributed by atoms with E-state index in [2.05, 4.69) is 31.0 Å². The molecule has 0 saturated carbocycles. The van der Waals surface area contributed by atoms with Crippen LogP contribution in [0.3, 0.4) is 0 Å². The fourth-order valence-corrected chi connectivity index (χ4v) is 4.69. The molecule has 158 valence electrons. The van der Waals surface area contributed by atoms with E-state index in [0.29, 0.717) is 31.9 Å². The summed E-state index contributed by atoms with van der Waals surface area (Å²) >= 11 is 1.55. The van der Waals surface area contributed by atoms with Crippen molar-refractivity contribution in [3.63, 3.8) is 0 Å². The van der Waals surface area contributed by atoms with Crippen LogP contribution in [-0.2, 0) is 26.1 Å². The number of pyridine rings is 1. The monoisotopic (exact) mass is 436 g/mol. The summed E-state index contributed by atoms with van der Waals surface area (Å²) in [5, 5.41) is 14.3. The first-order chi connectivity index (χ1) is 15.2. The first kappa shape index (κ1) is 19.4. The van der Waals surface area contributed by atoms with Crippen molar-refractivity contribution in [2.45, 2.75) is 33.0 Å². The van der Waals surface area contributed by atoms with E-state index in [0.717, 1.165) is 34.6 Å². The molecule has 0 unspecified atom stereocenters. The Morgan fingerprint density at radius 3 is 2.90 bits per heavy atom. The van der Waals surface area contributed by atoms with Gasteiger partial charge in [-0.05, 0) is 13.0 Å². The lowest BCUT2D eigenvalue weighted by molar-refractivity contribution is -0.384. The quantitative estimate of drug-likeness (QED) is 0.337. The van der Waals surface area contributed by atoms with Gasteiger partial charge in [-0.2, -0.15) is 0 Å². The van der Waals surface area contributed by atoms with E-state index in [1.165, 1.54) is 6.07 Å². The summed E-state index contributed by atoms with van der Waals surface area (Å²) in [4.78, 5) is 31.1. The van der Waals surface area contributed by atoms with Crippen LogP contribution in [-0.4, -0.2) is 40.5 Å². The third-order valence-electron chi connectivity index (χ3n) is 5.42. The maximum atomic E-state index is 11.5. The summed E-state index contributed by atoms with van der Waals surface area (Å²) in [5.41, 5.74) is 2.16. The van der Waals surface area contributed by atoms with Crippen LogP contribution in [0, 0.1) is 10.1 Å². The summed E-state index contributed by atoms with van der Waals surface area (Å²) in [5.74, 6) is 2.18. The van der Waals surface area contributed by atoms with Gasteiger partial charge >= 0.3 is 5.69 Å². The Balaban J connectivity index is 1.46. The highest BCUT2D eigenvalue weighted by atomic mass is 32.1. The number of hydrogen-bond donors (Lipinski definition) is 0. The fourth-order valence-electron chi connectivity index (χ4n) is 4.04. The van der Waals surface area contributed by atoms with Gasteiger partial charge < -0.3 is 14.0 Å². The zero-order valence-electron chi connectivity index (χ0n) is 16.9. The van der Waals surface area contributed by atoms with Gasteiger partial charge in [-0.1, -0.05) is 0 Å². The maximum Gasteiger partial charge on any atom is 0.311 e. The molecule has 31 heavy (non-hydrogen) atoms. The third-order valence-corrected chi connectivity index (χ3v) is 6.19. The van der Waals surface area contributed by atoms with E-state index in [1.807, 2.05) is 16.5 Å². The zero-order chi connectivity index (χ0) is 21.4. The maximum absolute atomic E-state index is 11.5. The summed E-state index contributed by atoms with van der Waals surface area (Å²) in [7, 11) is 0. The molecule has 5 heterocycles. The number of thiazole rings is 1. The van der Waals surface area contributed by atoms with Gasteiger partial charge in [0.1, 0.15) is 5.82 Å². The van der Waals surface area contributed by atoms with Crippen LogP contribution < -0.4 is 4.90 Å². The lowest BCUT2D eigenvalue weighted by atomic mass is 10.1. The Morgan fingerprint density at radius 2 is 2.13 bits per heavy atom. The summed E-state index contributed by atoms with van der Waals surface area (Å²) in [6, 6.07) is 3.09. The van der Waals surface area contributed by atoms with Gasteiger partial charge in [0.15, 0.2) is 10.8 Å². The van der Waals surface area contributed by atoms with Crippen LogP contribution in [0.5, 0.6) is 0 Å². The number of rotatable bonds is 6. The molecule has 0 amide bonds. The van der Waals surface area contributed by atoms with Crippen LogP contribution in [0.15, 0.2) is 42.3 Å². The number of nitro groups is 1. The Bertz CT molecular complexity index is 1230. The molecule has 4 aromatic rings. The highest BCUT2D eigenvalue weighted by molar-refractivity contribution is 7.13. The van der Waals surface area contributed by atoms with Crippen LogP contribution >= 0.6 is 11.3 Å². The standard InChI is InChI=1S/C20H20N8O2S/c1-2-27-16-12-25(18-15(28(29)30)4-3-6-21-18)9-5-14(16)24-17(27)13-26-10-7-22-19(26)20-23-8-11-31-20/h3-4,6-8,10-11H,2,5,9,12-13H2,1H3. The fraction of sp³-hybridized carbons (Fsp3) is 0.300. The van der Waals surface area contributed by atoms with Crippen molar-refractivity contribution >= 4 is 22.8 Å². The van der Waals surface area contributed by atoms with Crippen molar-refractivity contribution in [3.05, 3.63) is 69.6 Å². The van der Waals surface area contributed by atoms with Gasteiger partial charge in [-0.15, -0.1) is 11.3 Å². The van der Waals surface area contributed by atoms with Gasteiger partial charge in [0, 0.05) is 55.7 Å². The molecule has 0 N–H and O–H groups in total. The summed E-state index contributed by atoms with van der Waals surface area (Å²) in [6.07, 6.45) is 7.80. The van der Waals surface area contributed by atoms with E-state index in [4.69, 9.17) is 4.98 Å². The lowest BCUT2D eigenvalue weighted by Crippen LogP contribution is -2.32. The largest absolute Gasteiger partial charge is 0.345 e. The Hall–Kier alpha value is -3.60. The molecule has 0 saturated heterocycles. The first-order valence-electron chi connectivity index (χ1n) is 9.98. The van der Waals surface area contributed by atoms with Crippen LogP contribution in [0.25, 0.3) is 10.8 Å². The number of nitrogens with zero attached hydrogens (tertiary/aromatic N) is 8. The molecule has 4 aromatic heterocycles. The van der Waals surface area contributed by atoms with Crippen LogP contribution in [0.4, 0.5) is 11.5 Å². The highest BCUT2D eigenvalue weighted by Gasteiger charge is 2.28. The third kappa shape index (κ3) is 3.46. The van der Waals surface area contributed by atoms with Gasteiger partial charge in [0.2, 0.25) is 5.82 Å². The van der Waals surface area contributed by atoms with Gasteiger partial charge in [0.05, 0.1) is 29.4 Å². The second-order valence-corrected chi connectivity index (χ2v) is 8.05. The predicted octanol–water partition coefficient (Wildman–Crippen LogP) is 3.14. The van der Waals surface area contributed by atoms with E-state index in [9.17, 15) is 10.1 Å². The minimum atomic E-state index is -0.375. The number of anilines is 1. The molecule has 0 aliphatic carbocycles. The molecular formula is C20H20N8O2S. The Labute approximate surface area is 182 Å². The topological polar surface area (TPSA) is 108 Å². The molecule has 1 aliphatic rings. The second kappa shape index (κ2) is 7.91. The molecule has 0 aromatic carbocycles. The van der Waals surface area contributed by atoms with E-state index in [1.54, 1.807) is 36.0 Å². The molecule has 0 fully saturated rings. The number of fused-ring (bicyclic) bond motifs is 1. The molecular weight excluding hydrogens is 416 g/mol. The average molecular weight is 437 g/mol. The van der Waals surface area contributed by atoms with Crippen molar-refractivity contribution in [1.82, 2.24) is 29.1 Å². The summed E-state index contributed by atoms with van der Waals surface area (Å²) < 4.78 is 4.25. The number of aromatic nitrogens is 6.